The molecule has 1 aromatic carbocycles. The minimum Gasteiger partial charge on any atom is -0.497 e. The van der Waals surface area contributed by atoms with Gasteiger partial charge >= 0.3 is 5.97 Å². The van der Waals surface area contributed by atoms with E-state index in [1.54, 1.807) is 24.3 Å². The maximum Gasteiger partial charge on any atom is 0.331 e. The summed E-state index contributed by atoms with van der Waals surface area (Å²) in [6, 6.07) is 5.23. The highest BCUT2D eigenvalue weighted by Crippen LogP contribution is 2.31. The number of aliphatic carboxylic acids is 1. The van der Waals surface area contributed by atoms with Gasteiger partial charge in [0.15, 0.2) is 6.04 Å². The Hall–Kier alpha value is -2.13. The Kier molecular flexibility index (Phi) is 4.90. The van der Waals surface area contributed by atoms with Crippen molar-refractivity contribution in [1.29, 1.82) is 0 Å². The minimum absolute atomic E-state index is 0.0312. The lowest BCUT2D eigenvalue weighted by atomic mass is 10.1. The summed E-state index contributed by atoms with van der Waals surface area (Å²) in [5, 5.41) is 14.5. The molecule has 0 bridgehead atoms. The van der Waals surface area contributed by atoms with Gasteiger partial charge in [0.25, 0.3) is 0 Å². The van der Waals surface area contributed by atoms with Crippen molar-refractivity contribution < 1.29 is 27.9 Å². The number of rotatable bonds is 6. The second-order valence-electron chi connectivity index (χ2n) is 5.46. The van der Waals surface area contributed by atoms with Crippen LogP contribution in [0.4, 0.5) is 0 Å². The fourth-order valence-corrected chi connectivity index (χ4v) is 3.65. The summed E-state index contributed by atoms with van der Waals surface area (Å²) in [7, 11) is -2.27. The number of sulfonamides is 1. The number of hydrogen-bond acceptors (Lipinski definition) is 5. The third-order valence-electron chi connectivity index (χ3n) is 3.66. The second-order valence-corrected chi connectivity index (χ2v) is 7.12. The maximum atomic E-state index is 12.1. The summed E-state index contributed by atoms with van der Waals surface area (Å²) in [5.41, 5.74) is 0.390. The molecule has 1 heterocycles. The Morgan fingerprint density at radius 2 is 2.22 bits per heavy atom. The molecule has 9 heteroatoms. The molecule has 0 aliphatic carbocycles. The van der Waals surface area contributed by atoms with Crippen molar-refractivity contribution in [3.05, 3.63) is 29.8 Å². The predicted molar refractivity (Wildman–Crippen MR) is 81.2 cm³/mol. The molecule has 0 radical (unpaired) electrons. The van der Waals surface area contributed by atoms with E-state index in [1.165, 1.54) is 12.0 Å². The van der Waals surface area contributed by atoms with Crippen LogP contribution in [0.3, 0.4) is 0 Å². The van der Waals surface area contributed by atoms with Gasteiger partial charge in [0.2, 0.25) is 15.9 Å². The van der Waals surface area contributed by atoms with E-state index >= 15 is 0 Å². The molecule has 23 heavy (non-hydrogen) atoms. The molecule has 126 valence electrons. The second kappa shape index (κ2) is 6.55. The Labute approximate surface area is 133 Å². The van der Waals surface area contributed by atoms with Crippen LogP contribution in [0.15, 0.2) is 24.3 Å². The van der Waals surface area contributed by atoms with E-state index < -0.39 is 33.9 Å². The fraction of sp³-hybridized carbons (Fsp3) is 0.429. The zero-order valence-corrected chi connectivity index (χ0v) is 13.3. The number of nitrogens with two attached hydrogens (primary N) is 1. The van der Waals surface area contributed by atoms with Gasteiger partial charge in [-0.05, 0) is 17.7 Å². The summed E-state index contributed by atoms with van der Waals surface area (Å²) in [5.74, 6) is -1.98. The van der Waals surface area contributed by atoms with E-state index in [-0.39, 0.29) is 18.7 Å². The third kappa shape index (κ3) is 4.20. The van der Waals surface area contributed by atoms with Crippen LogP contribution >= 0.6 is 0 Å². The molecule has 1 aliphatic heterocycles. The van der Waals surface area contributed by atoms with Crippen LogP contribution in [-0.2, 0) is 19.6 Å². The summed E-state index contributed by atoms with van der Waals surface area (Å²) in [6.07, 6.45) is -0.0375. The van der Waals surface area contributed by atoms with Crippen LogP contribution in [0, 0.1) is 5.92 Å². The maximum absolute atomic E-state index is 12.1. The van der Waals surface area contributed by atoms with E-state index in [0.717, 1.165) is 0 Å². The first kappa shape index (κ1) is 17.2. The first-order valence-electron chi connectivity index (χ1n) is 6.88. The lowest BCUT2D eigenvalue weighted by molar-refractivity contribution is -0.148. The van der Waals surface area contributed by atoms with Gasteiger partial charge < -0.3 is 14.7 Å². The molecular formula is C14H18N2O6S. The first-order valence-corrected chi connectivity index (χ1v) is 8.59. The Bertz CT molecular complexity index is 718. The number of carboxylic acids is 1. The van der Waals surface area contributed by atoms with Crippen molar-refractivity contribution >= 4 is 21.9 Å². The number of hydrogen-bond donors (Lipinski definition) is 2. The largest absolute Gasteiger partial charge is 0.497 e. The molecule has 1 saturated heterocycles. The molecule has 1 fully saturated rings. The minimum atomic E-state index is -3.72. The average Bonchev–Trinajstić information content (AvgIpc) is 2.77. The zero-order chi connectivity index (χ0) is 17.2. The number of ether oxygens (including phenoxy) is 1. The van der Waals surface area contributed by atoms with E-state index in [9.17, 15) is 23.1 Å². The Balaban J connectivity index is 2.28. The topological polar surface area (TPSA) is 127 Å². The highest BCUT2D eigenvalue weighted by molar-refractivity contribution is 7.89. The van der Waals surface area contributed by atoms with Gasteiger partial charge in [-0.15, -0.1) is 0 Å². The summed E-state index contributed by atoms with van der Waals surface area (Å²) >= 11 is 0. The highest BCUT2D eigenvalue weighted by Gasteiger charge is 2.39. The molecular weight excluding hydrogens is 324 g/mol. The molecule has 2 unspecified atom stereocenters. The Morgan fingerprint density at radius 1 is 1.52 bits per heavy atom. The quantitative estimate of drug-likeness (QED) is 0.746. The first-order chi connectivity index (χ1) is 10.7. The van der Waals surface area contributed by atoms with Crippen LogP contribution in [0.2, 0.25) is 0 Å². The van der Waals surface area contributed by atoms with Gasteiger partial charge in [-0.2, -0.15) is 0 Å². The van der Waals surface area contributed by atoms with Crippen LogP contribution < -0.4 is 9.88 Å². The van der Waals surface area contributed by atoms with Crippen LogP contribution in [0.1, 0.15) is 18.0 Å². The third-order valence-corrected chi connectivity index (χ3v) is 4.60. The van der Waals surface area contributed by atoms with Gasteiger partial charge in [0.05, 0.1) is 12.9 Å². The molecule has 1 aliphatic rings. The summed E-state index contributed by atoms with van der Waals surface area (Å²) < 4.78 is 27.4. The smallest absolute Gasteiger partial charge is 0.331 e. The number of carboxylic acid groups (broad SMARTS) is 1. The van der Waals surface area contributed by atoms with Crippen LogP contribution in [0.25, 0.3) is 0 Å². The average molecular weight is 342 g/mol. The van der Waals surface area contributed by atoms with Crippen molar-refractivity contribution in [3.63, 3.8) is 0 Å². The molecule has 0 saturated carbocycles. The van der Waals surface area contributed by atoms with E-state index in [0.29, 0.717) is 11.3 Å². The predicted octanol–water partition coefficient (Wildman–Crippen LogP) is -0.0421. The van der Waals surface area contributed by atoms with Gasteiger partial charge in [-0.25, -0.2) is 18.4 Å². The Morgan fingerprint density at radius 3 is 2.78 bits per heavy atom. The number of carbonyl (C=O) groups is 2. The number of carbonyl (C=O) groups excluding carboxylic acids is 1. The molecule has 0 aromatic heterocycles. The van der Waals surface area contributed by atoms with Crippen molar-refractivity contribution in [2.24, 2.45) is 11.1 Å². The number of benzene rings is 1. The van der Waals surface area contributed by atoms with Crippen LogP contribution in [0.5, 0.6) is 5.75 Å². The van der Waals surface area contributed by atoms with E-state index in [2.05, 4.69) is 0 Å². The van der Waals surface area contributed by atoms with Crippen molar-refractivity contribution in [3.8, 4) is 5.75 Å². The monoisotopic (exact) mass is 342 g/mol. The molecule has 2 atom stereocenters. The van der Waals surface area contributed by atoms with E-state index in [4.69, 9.17) is 9.88 Å². The van der Waals surface area contributed by atoms with E-state index in [1.807, 2.05) is 0 Å². The lowest BCUT2D eigenvalue weighted by Crippen LogP contribution is -2.36. The number of likely N-dealkylation sites (tertiary alicyclic amines) is 1. The van der Waals surface area contributed by atoms with Crippen molar-refractivity contribution in [1.82, 2.24) is 4.90 Å². The molecule has 1 aromatic rings. The van der Waals surface area contributed by atoms with Crippen molar-refractivity contribution in [2.45, 2.75) is 12.5 Å². The van der Waals surface area contributed by atoms with Crippen LogP contribution in [-0.4, -0.2) is 49.7 Å². The van der Waals surface area contributed by atoms with Crippen molar-refractivity contribution in [2.75, 3.05) is 19.4 Å². The molecule has 8 nitrogen and oxygen atoms in total. The standard InChI is InChI=1S/C14H18N2O6S/c1-22-11-4-2-3-10(6-11)13(14(18)19)16-7-9(5-12(16)17)8-23(15,20)21/h2-4,6,9,13H,5,7-8H2,1H3,(H,18,19)(H2,15,20,21). The summed E-state index contributed by atoms with van der Waals surface area (Å²) in [4.78, 5) is 25.0. The highest BCUT2D eigenvalue weighted by atomic mass is 32.2. The normalized spacial score (nSPS) is 19.7. The fourth-order valence-electron chi connectivity index (χ4n) is 2.77. The molecule has 3 N–H and O–H groups in total. The number of nitrogens with zero attached hydrogens (tertiary/aromatic N) is 1. The molecule has 0 spiro atoms. The zero-order valence-electron chi connectivity index (χ0n) is 12.5. The SMILES string of the molecule is COc1cccc(C(C(=O)O)N2CC(CS(N)(=O)=O)CC2=O)c1. The molecule has 1 amide bonds. The van der Waals surface area contributed by atoms with Gasteiger partial charge in [-0.3, -0.25) is 4.79 Å². The van der Waals surface area contributed by atoms with Gasteiger partial charge in [-0.1, -0.05) is 12.1 Å². The summed E-state index contributed by atoms with van der Waals surface area (Å²) in [6.45, 7) is 0.0312. The molecule has 2 rings (SSSR count). The number of amides is 1. The van der Waals surface area contributed by atoms with Gasteiger partial charge in [0.1, 0.15) is 5.75 Å². The lowest BCUT2D eigenvalue weighted by Gasteiger charge is -2.25. The number of methoxy groups -OCH3 is 1. The number of primary sulfonamides is 1. The van der Waals surface area contributed by atoms with Gasteiger partial charge in [0, 0.05) is 18.9 Å².